The SMILES string of the molecule is CC1(C)CC[C@@H](CBr)OC1. The quantitative estimate of drug-likeness (QED) is 0.600. The van der Waals surface area contributed by atoms with Gasteiger partial charge in [0, 0.05) is 5.33 Å². The van der Waals surface area contributed by atoms with Gasteiger partial charge in [0.15, 0.2) is 0 Å². The number of alkyl halides is 1. The molecule has 1 saturated heterocycles. The molecule has 1 atom stereocenters. The summed E-state index contributed by atoms with van der Waals surface area (Å²) in [7, 11) is 0. The van der Waals surface area contributed by atoms with E-state index in [2.05, 4.69) is 29.8 Å². The van der Waals surface area contributed by atoms with Crippen molar-refractivity contribution in [3.63, 3.8) is 0 Å². The fourth-order valence-electron chi connectivity index (χ4n) is 1.17. The Morgan fingerprint density at radius 2 is 2.30 bits per heavy atom. The van der Waals surface area contributed by atoms with Crippen molar-refractivity contribution < 1.29 is 4.74 Å². The van der Waals surface area contributed by atoms with Gasteiger partial charge in [0.25, 0.3) is 0 Å². The largest absolute Gasteiger partial charge is 0.377 e. The van der Waals surface area contributed by atoms with Crippen molar-refractivity contribution >= 4 is 15.9 Å². The molecule has 2 heteroatoms. The van der Waals surface area contributed by atoms with E-state index in [1.165, 1.54) is 12.8 Å². The molecule has 0 amide bonds. The Hall–Kier alpha value is 0.440. The molecule has 10 heavy (non-hydrogen) atoms. The van der Waals surface area contributed by atoms with Crippen LogP contribution in [0.1, 0.15) is 26.7 Å². The molecule has 0 aromatic carbocycles. The van der Waals surface area contributed by atoms with Crippen molar-refractivity contribution in [1.82, 2.24) is 0 Å². The van der Waals surface area contributed by atoms with Crippen LogP contribution >= 0.6 is 15.9 Å². The minimum atomic E-state index is 0.415. The monoisotopic (exact) mass is 206 g/mol. The minimum Gasteiger partial charge on any atom is -0.377 e. The molecule has 1 aliphatic rings. The molecule has 0 aromatic heterocycles. The molecule has 0 aliphatic carbocycles. The van der Waals surface area contributed by atoms with Gasteiger partial charge >= 0.3 is 0 Å². The van der Waals surface area contributed by atoms with Crippen LogP contribution in [0.15, 0.2) is 0 Å². The first-order valence-corrected chi connectivity index (χ1v) is 4.94. The summed E-state index contributed by atoms with van der Waals surface area (Å²) in [5.74, 6) is 0. The van der Waals surface area contributed by atoms with Gasteiger partial charge in [0.1, 0.15) is 0 Å². The highest BCUT2D eigenvalue weighted by Gasteiger charge is 2.26. The molecule has 1 fully saturated rings. The highest BCUT2D eigenvalue weighted by atomic mass is 79.9. The molecule has 0 aromatic rings. The van der Waals surface area contributed by atoms with Crippen LogP contribution in [0.3, 0.4) is 0 Å². The van der Waals surface area contributed by atoms with E-state index in [-0.39, 0.29) is 0 Å². The van der Waals surface area contributed by atoms with Crippen LogP contribution in [0.2, 0.25) is 0 Å². The Morgan fingerprint density at radius 3 is 2.70 bits per heavy atom. The van der Waals surface area contributed by atoms with Gasteiger partial charge in [-0.25, -0.2) is 0 Å². The number of hydrogen-bond acceptors (Lipinski definition) is 1. The molecule has 0 unspecified atom stereocenters. The summed E-state index contributed by atoms with van der Waals surface area (Å²) in [5, 5.41) is 0.989. The lowest BCUT2D eigenvalue weighted by atomic mass is 9.86. The lowest BCUT2D eigenvalue weighted by molar-refractivity contribution is -0.0358. The topological polar surface area (TPSA) is 9.23 Å². The van der Waals surface area contributed by atoms with Crippen molar-refractivity contribution in [1.29, 1.82) is 0 Å². The van der Waals surface area contributed by atoms with Crippen molar-refractivity contribution in [2.45, 2.75) is 32.8 Å². The molecular weight excluding hydrogens is 192 g/mol. The summed E-state index contributed by atoms with van der Waals surface area (Å²) >= 11 is 3.42. The van der Waals surface area contributed by atoms with Gasteiger partial charge in [-0.2, -0.15) is 0 Å². The molecule has 0 saturated carbocycles. The van der Waals surface area contributed by atoms with E-state index in [1.54, 1.807) is 0 Å². The summed E-state index contributed by atoms with van der Waals surface area (Å²) in [4.78, 5) is 0. The standard InChI is InChI=1S/C8H15BrO/c1-8(2)4-3-7(5-9)10-6-8/h7H,3-6H2,1-2H3/t7-/m0/s1. The smallest absolute Gasteiger partial charge is 0.0672 e. The highest BCUT2D eigenvalue weighted by Crippen LogP contribution is 2.30. The first-order valence-electron chi connectivity index (χ1n) is 3.82. The van der Waals surface area contributed by atoms with Gasteiger partial charge in [0.05, 0.1) is 12.7 Å². The van der Waals surface area contributed by atoms with E-state index in [1.807, 2.05) is 0 Å². The van der Waals surface area contributed by atoms with Gasteiger partial charge < -0.3 is 4.74 Å². The molecule has 1 heterocycles. The van der Waals surface area contributed by atoms with Crippen molar-refractivity contribution in [2.24, 2.45) is 5.41 Å². The first-order chi connectivity index (χ1) is 4.64. The summed E-state index contributed by atoms with van der Waals surface area (Å²) in [6.45, 7) is 5.44. The normalized spacial score (nSPS) is 32.1. The second-order valence-electron chi connectivity index (χ2n) is 3.79. The van der Waals surface area contributed by atoms with Crippen LogP contribution in [0.4, 0.5) is 0 Å². The summed E-state index contributed by atoms with van der Waals surface area (Å²) in [6.07, 6.45) is 2.97. The van der Waals surface area contributed by atoms with Crippen molar-refractivity contribution in [3.05, 3.63) is 0 Å². The van der Waals surface area contributed by atoms with Crippen LogP contribution in [0, 0.1) is 5.41 Å². The fraction of sp³-hybridized carbons (Fsp3) is 1.00. The van der Waals surface area contributed by atoms with E-state index in [0.29, 0.717) is 11.5 Å². The van der Waals surface area contributed by atoms with Gasteiger partial charge in [0.2, 0.25) is 0 Å². The van der Waals surface area contributed by atoms with Gasteiger partial charge in [-0.1, -0.05) is 29.8 Å². The van der Waals surface area contributed by atoms with E-state index in [0.717, 1.165) is 11.9 Å². The Labute approximate surface area is 71.3 Å². The van der Waals surface area contributed by atoms with E-state index in [9.17, 15) is 0 Å². The second kappa shape index (κ2) is 3.22. The fourth-order valence-corrected chi connectivity index (χ4v) is 1.68. The lowest BCUT2D eigenvalue weighted by Gasteiger charge is -2.33. The zero-order valence-electron chi connectivity index (χ0n) is 6.69. The Morgan fingerprint density at radius 1 is 1.60 bits per heavy atom. The third-order valence-electron chi connectivity index (χ3n) is 2.02. The van der Waals surface area contributed by atoms with E-state index < -0.39 is 0 Å². The Bertz CT molecular complexity index is 102. The Kier molecular flexibility index (Phi) is 2.75. The molecule has 1 nitrogen and oxygen atoms in total. The third kappa shape index (κ3) is 2.24. The van der Waals surface area contributed by atoms with Gasteiger partial charge in [-0.15, -0.1) is 0 Å². The number of ether oxygens (including phenoxy) is 1. The molecule has 0 bridgehead atoms. The maximum Gasteiger partial charge on any atom is 0.0672 e. The number of rotatable bonds is 1. The summed E-state index contributed by atoms with van der Waals surface area (Å²) in [5.41, 5.74) is 0.415. The maximum atomic E-state index is 5.60. The first kappa shape index (κ1) is 8.54. The van der Waals surface area contributed by atoms with E-state index in [4.69, 9.17) is 4.74 Å². The zero-order valence-corrected chi connectivity index (χ0v) is 8.28. The zero-order chi connectivity index (χ0) is 7.61. The number of halogens is 1. The predicted molar refractivity (Wildman–Crippen MR) is 46.5 cm³/mol. The average molecular weight is 207 g/mol. The van der Waals surface area contributed by atoms with Crippen LogP contribution in [-0.4, -0.2) is 18.0 Å². The van der Waals surface area contributed by atoms with Crippen LogP contribution < -0.4 is 0 Å². The third-order valence-corrected chi connectivity index (χ3v) is 2.75. The molecule has 0 spiro atoms. The predicted octanol–water partition coefficient (Wildman–Crippen LogP) is 2.59. The van der Waals surface area contributed by atoms with Crippen LogP contribution in [-0.2, 0) is 4.74 Å². The number of hydrogen-bond donors (Lipinski definition) is 0. The van der Waals surface area contributed by atoms with Crippen molar-refractivity contribution in [3.8, 4) is 0 Å². The second-order valence-corrected chi connectivity index (χ2v) is 4.44. The molecular formula is C8H15BrO. The highest BCUT2D eigenvalue weighted by molar-refractivity contribution is 9.09. The van der Waals surface area contributed by atoms with Crippen molar-refractivity contribution in [2.75, 3.05) is 11.9 Å². The maximum absolute atomic E-state index is 5.60. The molecule has 0 radical (unpaired) electrons. The van der Waals surface area contributed by atoms with E-state index >= 15 is 0 Å². The van der Waals surface area contributed by atoms with Gasteiger partial charge in [-0.3, -0.25) is 0 Å². The molecule has 60 valence electrons. The molecule has 0 N–H and O–H groups in total. The Balaban J connectivity index is 2.31. The minimum absolute atomic E-state index is 0.415. The lowest BCUT2D eigenvalue weighted by Crippen LogP contribution is -2.32. The summed E-state index contributed by atoms with van der Waals surface area (Å²) < 4.78 is 5.60. The van der Waals surface area contributed by atoms with Gasteiger partial charge in [-0.05, 0) is 18.3 Å². The molecule has 1 aliphatic heterocycles. The molecule has 1 rings (SSSR count). The van der Waals surface area contributed by atoms with Crippen LogP contribution in [0.25, 0.3) is 0 Å². The van der Waals surface area contributed by atoms with Crippen LogP contribution in [0.5, 0.6) is 0 Å². The summed E-state index contributed by atoms with van der Waals surface area (Å²) in [6, 6.07) is 0. The average Bonchev–Trinajstić information content (AvgIpc) is 1.88.